The van der Waals surface area contributed by atoms with E-state index in [1.54, 1.807) is 0 Å². The first-order chi connectivity index (χ1) is 13.6. The Bertz CT molecular complexity index is 465. The molecule has 1 rings (SSSR count). The van der Waals surface area contributed by atoms with Gasteiger partial charge in [0.05, 0.1) is 0 Å². The molecule has 0 bridgehead atoms. The van der Waals surface area contributed by atoms with Gasteiger partial charge in [0.25, 0.3) is 5.91 Å². The molecule has 1 saturated heterocycles. The first kappa shape index (κ1) is 24.6. The second-order valence-corrected chi connectivity index (χ2v) is 8.18. The number of imide groups is 1. The Balaban J connectivity index is 2.08. The lowest BCUT2D eigenvalue weighted by Gasteiger charge is -2.31. The Morgan fingerprint density at radius 2 is 1.39 bits per heavy atom. The second-order valence-electron chi connectivity index (χ2n) is 8.18. The van der Waals surface area contributed by atoms with Crippen molar-refractivity contribution in [2.45, 2.75) is 123 Å². The third-order valence-electron chi connectivity index (χ3n) is 5.59. The summed E-state index contributed by atoms with van der Waals surface area (Å²) in [6.07, 6.45) is 16.8. The van der Waals surface area contributed by atoms with Gasteiger partial charge in [-0.15, -0.1) is 0 Å². The molecule has 1 fully saturated rings. The molecule has 5 nitrogen and oxygen atoms in total. The molecular formula is C23H42N2O3. The van der Waals surface area contributed by atoms with Crippen LogP contribution in [0.4, 0.5) is 0 Å². The molecule has 1 atom stereocenters. The molecule has 0 aliphatic carbocycles. The molecule has 28 heavy (non-hydrogen) atoms. The van der Waals surface area contributed by atoms with Gasteiger partial charge in [0.15, 0.2) is 0 Å². The minimum Gasteiger partial charge on any atom is -0.344 e. The van der Waals surface area contributed by atoms with E-state index in [-0.39, 0.29) is 17.7 Å². The van der Waals surface area contributed by atoms with Crippen molar-refractivity contribution >= 4 is 17.7 Å². The average molecular weight is 395 g/mol. The van der Waals surface area contributed by atoms with Crippen molar-refractivity contribution in [1.82, 2.24) is 10.2 Å². The maximum Gasteiger partial charge on any atom is 0.251 e. The quantitative estimate of drug-likeness (QED) is 0.292. The smallest absolute Gasteiger partial charge is 0.251 e. The summed E-state index contributed by atoms with van der Waals surface area (Å²) >= 11 is 0. The predicted molar refractivity (Wildman–Crippen MR) is 114 cm³/mol. The number of unbranched alkanes of at least 4 members (excludes halogenated alkanes) is 11. The maximum atomic E-state index is 12.4. The monoisotopic (exact) mass is 394 g/mol. The molecular weight excluding hydrogens is 352 g/mol. The zero-order valence-electron chi connectivity index (χ0n) is 18.3. The van der Waals surface area contributed by atoms with Gasteiger partial charge in [0.2, 0.25) is 11.8 Å². The SMILES string of the molecule is CCCCCCCCCCCCCC(=O)NC1CCC(=O)N(CCCC)C1=O. The van der Waals surface area contributed by atoms with E-state index >= 15 is 0 Å². The zero-order valence-corrected chi connectivity index (χ0v) is 18.3. The molecule has 0 aromatic carbocycles. The topological polar surface area (TPSA) is 66.5 Å². The largest absolute Gasteiger partial charge is 0.344 e. The van der Waals surface area contributed by atoms with Crippen LogP contribution in [0.1, 0.15) is 117 Å². The van der Waals surface area contributed by atoms with Crippen LogP contribution in [-0.4, -0.2) is 35.2 Å². The van der Waals surface area contributed by atoms with Crippen LogP contribution in [0.3, 0.4) is 0 Å². The van der Waals surface area contributed by atoms with Crippen molar-refractivity contribution in [3.05, 3.63) is 0 Å². The number of carbonyl (C=O) groups excluding carboxylic acids is 3. The highest BCUT2D eigenvalue weighted by Gasteiger charge is 2.34. The molecule has 162 valence electrons. The van der Waals surface area contributed by atoms with E-state index in [0.717, 1.165) is 25.7 Å². The fourth-order valence-corrected chi connectivity index (χ4v) is 3.74. The summed E-state index contributed by atoms with van der Waals surface area (Å²) in [7, 11) is 0. The van der Waals surface area contributed by atoms with Crippen LogP contribution >= 0.6 is 0 Å². The fourth-order valence-electron chi connectivity index (χ4n) is 3.74. The zero-order chi connectivity index (χ0) is 20.6. The van der Waals surface area contributed by atoms with Crippen LogP contribution in [0.25, 0.3) is 0 Å². The van der Waals surface area contributed by atoms with Crippen LogP contribution < -0.4 is 5.32 Å². The fraction of sp³-hybridized carbons (Fsp3) is 0.870. The molecule has 5 heteroatoms. The van der Waals surface area contributed by atoms with Crippen molar-refractivity contribution in [2.24, 2.45) is 0 Å². The first-order valence-electron chi connectivity index (χ1n) is 11.7. The number of rotatable bonds is 16. The van der Waals surface area contributed by atoms with Crippen molar-refractivity contribution in [2.75, 3.05) is 6.54 Å². The highest BCUT2D eigenvalue weighted by molar-refractivity contribution is 6.01. The van der Waals surface area contributed by atoms with Crippen molar-refractivity contribution < 1.29 is 14.4 Å². The van der Waals surface area contributed by atoms with E-state index in [2.05, 4.69) is 12.2 Å². The number of piperidine rings is 1. The number of hydrogen-bond donors (Lipinski definition) is 1. The van der Waals surface area contributed by atoms with Crippen molar-refractivity contribution in [1.29, 1.82) is 0 Å². The summed E-state index contributed by atoms with van der Waals surface area (Å²) in [5, 5.41) is 2.85. The van der Waals surface area contributed by atoms with E-state index in [9.17, 15) is 14.4 Å². The minimum absolute atomic E-state index is 0.0564. The van der Waals surface area contributed by atoms with Crippen LogP contribution in [0.2, 0.25) is 0 Å². The van der Waals surface area contributed by atoms with Gasteiger partial charge in [-0.25, -0.2) is 0 Å². The highest BCUT2D eigenvalue weighted by Crippen LogP contribution is 2.15. The van der Waals surface area contributed by atoms with E-state index in [1.165, 1.54) is 62.7 Å². The van der Waals surface area contributed by atoms with Gasteiger partial charge >= 0.3 is 0 Å². The van der Waals surface area contributed by atoms with Crippen LogP contribution in [0.5, 0.6) is 0 Å². The molecule has 1 heterocycles. The lowest BCUT2D eigenvalue weighted by atomic mass is 10.0. The number of amides is 3. The second kappa shape index (κ2) is 15.5. The van der Waals surface area contributed by atoms with Crippen LogP contribution in [0, 0.1) is 0 Å². The molecule has 0 radical (unpaired) electrons. The van der Waals surface area contributed by atoms with Gasteiger partial charge in [0, 0.05) is 19.4 Å². The summed E-state index contributed by atoms with van der Waals surface area (Å²) in [6, 6.07) is -0.519. The number of hydrogen-bond acceptors (Lipinski definition) is 3. The average Bonchev–Trinajstić information content (AvgIpc) is 2.68. The standard InChI is InChI=1S/C23H42N2O3/c1-3-5-7-8-9-10-11-12-13-14-15-16-21(26)24-20-17-18-22(27)25(23(20)28)19-6-4-2/h20H,3-19H2,1-2H3,(H,24,26). The van der Waals surface area contributed by atoms with Crippen LogP contribution in [0.15, 0.2) is 0 Å². The lowest BCUT2D eigenvalue weighted by Crippen LogP contribution is -2.54. The Hall–Kier alpha value is -1.39. The predicted octanol–water partition coefficient (Wildman–Crippen LogP) is 5.12. The Morgan fingerprint density at radius 1 is 0.857 bits per heavy atom. The summed E-state index contributed by atoms with van der Waals surface area (Å²) < 4.78 is 0. The summed E-state index contributed by atoms with van der Waals surface area (Å²) in [5.74, 6) is -0.384. The van der Waals surface area contributed by atoms with Gasteiger partial charge in [0.1, 0.15) is 6.04 Å². The molecule has 3 amide bonds. The van der Waals surface area contributed by atoms with Crippen molar-refractivity contribution in [3.63, 3.8) is 0 Å². The Kier molecular flexibility index (Phi) is 13.7. The molecule has 0 aromatic rings. The molecule has 1 unspecified atom stereocenters. The summed E-state index contributed by atoms with van der Waals surface area (Å²) in [5.41, 5.74) is 0. The van der Waals surface area contributed by atoms with Gasteiger partial charge in [-0.2, -0.15) is 0 Å². The molecule has 0 spiro atoms. The number of likely N-dealkylation sites (tertiary alicyclic amines) is 1. The normalized spacial score (nSPS) is 17.2. The molecule has 0 aromatic heterocycles. The van der Waals surface area contributed by atoms with E-state index in [0.29, 0.717) is 25.8 Å². The molecule has 1 aliphatic heterocycles. The van der Waals surface area contributed by atoms with Gasteiger partial charge in [-0.1, -0.05) is 84.5 Å². The van der Waals surface area contributed by atoms with Gasteiger partial charge in [-0.3, -0.25) is 19.3 Å². The Morgan fingerprint density at radius 3 is 1.96 bits per heavy atom. The molecule has 1 aliphatic rings. The lowest BCUT2D eigenvalue weighted by molar-refractivity contribution is -0.151. The molecule has 0 saturated carbocycles. The maximum absolute atomic E-state index is 12.4. The third-order valence-corrected chi connectivity index (χ3v) is 5.59. The summed E-state index contributed by atoms with van der Waals surface area (Å²) in [4.78, 5) is 37.8. The minimum atomic E-state index is -0.519. The first-order valence-corrected chi connectivity index (χ1v) is 11.7. The number of nitrogens with zero attached hydrogens (tertiary/aromatic N) is 1. The Labute approximate surface area is 172 Å². The summed E-state index contributed by atoms with van der Waals surface area (Å²) in [6.45, 7) is 4.75. The van der Waals surface area contributed by atoms with E-state index in [4.69, 9.17) is 0 Å². The number of carbonyl (C=O) groups is 3. The third kappa shape index (κ3) is 10.2. The van der Waals surface area contributed by atoms with Crippen LogP contribution in [-0.2, 0) is 14.4 Å². The highest BCUT2D eigenvalue weighted by atomic mass is 16.2. The van der Waals surface area contributed by atoms with Crippen molar-refractivity contribution in [3.8, 4) is 0 Å². The van der Waals surface area contributed by atoms with E-state index in [1.807, 2.05) is 6.92 Å². The molecule has 1 N–H and O–H groups in total. The van der Waals surface area contributed by atoms with E-state index < -0.39 is 6.04 Å². The van der Waals surface area contributed by atoms with Gasteiger partial charge in [-0.05, 0) is 19.3 Å². The van der Waals surface area contributed by atoms with Gasteiger partial charge < -0.3 is 5.32 Å². The number of nitrogens with one attached hydrogen (secondary N) is 1.